The molecule has 0 aromatic heterocycles. The molecule has 0 amide bonds. The second-order valence-corrected chi connectivity index (χ2v) is 15.7. The van der Waals surface area contributed by atoms with Gasteiger partial charge in [-0.2, -0.15) is 0 Å². The van der Waals surface area contributed by atoms with Crippen LogP contribution in [0.2, 0.25) is 0 Å². The lowest BCUT2D eigenvalue weighted by Gasteiger charge is -2.53. The highest BCUT2D eigenvalue weighted by Gasteiger charge is 2.69. The molecule has 0 aliphatic heterocycles. The minimum atomic E-state index is -1.57. The largest absolute Gasteiger partial charge is 0.462 e. The highest BCUT2D eigenvalue weighted by atomic mass is 16.6. The molecule has 0 radical (unpaired) electrons. The van der Waals surface area contributed by atoms with Crippen LogP contribution in [0.5, 0.6) is 0 Å². The Morgan fingerprint density at radius 1 is 0.855 bits per heavy atom. The second kappa shape index (κ2) is 16.1. The Bertz CT molecular complexity index is 1830. The standard InChI is InChI=1S/C43H53NO11/c1-24-31-22-43(41(6,7)50)23-34(51-26(3)45)25(2)37(43)38(55-40(49)30-18-14-11-15-19-30)39(53-28(5)47)42(31,8)35(52-27(4)46)21-33(24)54-36(48)20-32(44-9)29-16-12-10-13-17-29/h10-19,31-35,38-39,44,50H,1,20-23H2,2-9H3/t31-,32-,33+,34+,35+,38-,39+,42+,43+/m1/s1. The van der Waals surface area contributed by atoms with E-state index in [1.807, 2.05) is 30.3 Å². The van der Waals surface area contributed by atoms with Crippen LogP contribution >= 0.6 is 0 Å². The van der Waals surface area contributed by atoms with Crippen molar-refractivity contribution in [1.82, 2.24) is 5.32 Å². The summed E-state index contributed by atoms with van der Waals surface area (Å²) in [5, 5.41) is 15.5. The summed E-state index contributed by atoms with van der Waals surface area (Å²) in [5.74, 6) is -3.92. The number of carbonyl (C=O) groups excluding carboxylic acids is 5. The third kappa shape index (κ3) is 8.11. The van der Waals surface area contributed by atoms with Crippen molar-refractivity contribution in [2.75, 3.05) is 7.05 Å². The highest BCUT2D eigenvalue weighted by molar-refractivity contribution is 5.89. The van der Waals surface area contributed by atoms with Gasteiger partial charge in [0, 0.05) is 45.1 Å². The minimum absolute atomic E-state index is 0.0121. The number of esters is 5. The molecule has 0 saturated heterocycles. The maximum atomic E-state index is 14.0. The van der Waals surface area contributed by atoms with Gasteiger partial charge >= 0.3 is 29.8 Å². The average Bonchev–Trinajstić information content (AvgIpc) is 3.35. The molecule has 2 aromatic carbocycles. The smallest absolute Gasteiger partial charge is 0.338 e. The molecule has 2 saturated carbocycles. The number of aliphatic hydroxyl groups is 1. The molecule has 5 rings (SSSR count). The quantitative estimate of drug-likeness (QED) is 0.163. The predicted molar refractivity (Wildman–Crippen MR) is 201 cm³/mol. The highest BCUT2D eigenvalue weighted by Crippen LogP contribution is 2.65. The Hall–Kier alpha value is -4.81. The molecular weight excluding hydrogens is 706 g/mol. The Morgan fingerprint density at radius 2 is 1.44 bits per heavy atom. The molecule has 3 aliphatic rings. The summed E-state index contributed by atoms with van der Waals surface area (Å²) < 4.78 is 30.8. The van der Waals surface area contributed by atoms with E-state index in [1.54, 1.807) is 65.1 Å². The van der Waals surface area contributed by atoms with Crippen molar-refractivity contribution in [3.05, 3.63) is 95.1 Å². The Kier molecular flexibility index (Phi) is 12.1. The van der Waals surface area contributed by atoms with E-state index in [-0.39, 0.29) is 37.3 Å². The molecule has 12 nitrogen and oxygen atoms in total. The van der Waals surface area contributed by atoms with Crippen molar-refractivity contribution in [1.29, 1.82) is 0 Å². The van der Waals surface area contributed by atoms with Gasteiger partial charge < -0.3 is 34.1 Å². The summed E-state index contributed by atoms with van der Waals surface area (Å²) in [6, 6.07) is 17.4. The SMILES string of the molecule is C=C1[C@@H](OC(=O)C[C@@H](NC)c2ccccc2)C[C@H](OC(C)=O)[C@]2(C)[C@@H]1C[C@]1(C(C)(C)O)C[C@H](OC(C)=O)C(C)=C1[C@@H](OC(=O)c1ccccc1)[C@@H]2OC(C)=O. The molecule has 3 aliphatic carbocycles. The molecule has 0 unspecified atom stereocenters. The molecule has 2 aromatic rings. The maximum Gasteiger partial charge on any atom is 0.338 e. The Balaban J connectivity index is 1.70. The van der Waals surface area contributed by atoms with E-state index in [9.17, 15) is 29.1 Å². The van der Waals surface area contributed by atoms with Crippen LogP contribution in [0.25, 0.3) is 0 Å². The monoisotopic (exact) mass is 759 g/mol. The third-order valence-corrected chi connectivity index (χ3v) is 11.9. The van der Waals surface area contributed by atoms with Gasteiger partial charge in [-0.25, -0.2) is 4.79 Å². The van der Waals surface area contributed by atoms with Crippen molar-refractivity contribution in [2.45, 2.75) is 116 Å². The lowest BCUT2D eigenvalue weighted by Crippen LogP contribution is -2.60. The van der Waals surface area contributed by atoms with E-state index in [0.717, 1.165) is 5.56 Å². The third-order valence-electron chi connectivity index (χ3n) is 11.9. The zero-order valence-electron chi connectivity index (χ0n) is 32.9. The average molecular weight is 760 g/mol. The zero-order chi connectivity index (χ0) is 40.5. The molecule has 2 fully saturated rings. The lowest BCUT2D eigenvalue weighted by molar-refractivity contribution is -0.198. The number of carbonyl (C=O) groups is 5. The molecule has 0 spiro atoms. The number of nitrogens with one attached hydrogen (secondary N) is 1. The van der Waals surface area contributed by atoms with E-state index in [2.05, 4.69) is 11.9 Å². The molecular formula is C43H53NO11. The van der Waals surface area contributed by atoms with Crippen molar-refractivity contribution < 1.29 is 52.8 Å². The van der Waals surface area contributed by atoms with Crippen molar-refractivity contribution in [3.8, 4) is 0 Å². The Morgan fingerprint density at radius 3 is 1.98 bits per heavy atom. The fourth-order valence-corrected chi connectivity index (χ4v) is 9.18. The topological polar surface area (TPSA) is 164 Å². The minimum Gasteiger partial charge on any atom is -0.462 e. The van der Waals surface area contributed by atoms with Gasteiger partial charge in [0.25, 0.3) is 0 Å². The van der Waals surface area contributed by atoms with Gasteiger partial charge in [0.2, 0.25) is 0 Å². The number of hydrogen-bond donors (Lipinski definition) is 2. The summed E-state index contributed by atoms with van der Waals surface area (Å²) in [6.45, 7) is 15.1. The first-order valence-corrected chi connectivity index (χ1v) is 18.7. The van der Waals surface area contributed by atoms with Gasteiger partial charge in [0.15, 0.2) is 12.2 Å². The van der Waals surface area contributed by atoms with Crippen LogP contribution in [0.3, 0.4) is 0 Å². The molecule has 12 heteroatoms. The fourth-order valence-electron chi connectivity index (χ4n) is 9.18. The second-order valence-electron chi connectivity index (χ2n) is 15.7. The summed E-state index contributed by atoms with van der Waals surface area (Å²) in [4.78, 5) is 66.3. The summed E-state index contributed by atoms with van der Waals surface area (Å²) in [6.07, 6.45) is -5.39. The molecule has 55 heavy (non-hydrogen) atoms. The van der Waals surface area contributed by atoms with Crippen LogP contribution in [0.4, 0.5) is 0 Å². The van der Waals surface area contributed by atoms with Crippen LogP contribution in [0.15, 0.2) is 84.0 Å². The van der Waals surface area contributed by atoms with Crippen LogP contribution in [0.1, 0.15) is 96.1 Å². The number of fused-ring (bicyclic) bond motifs is 2. The molecule has 0 bridgehead atoms. The number of rotatable bonds is 11. The summed E-state index contributed by atoms with van der Waals surface area (Å²) in [7, 11) is 1.75. The van der Waals surface area contributed by atoms with Crippen LogP contribution in [-0.2, 0) is 42.9 Å². The van der Waals surface area contributed by atoms with Gasteiger partial charge in [-0.1, -0.05) is 62.0 Å². The van der Waals surface area contributed by atoms with E-state index in [0.29, 0.717) is 16.7 Å². The van der Waals surface area contributed by atoms with Gasteiger partial charge in [-0.15, -0.1) is 0 Å². The zero-order valence-corrected chi connectivity index (χ0v) is 32.9. The van der Waals surface area contributed by atoms with Gasteiger partial charge in [-0.05, 0) is 74.6 Å². The maximum absolute atomic E-state index is 14.0. The lowest BCUT2D eigenvalue weighted by atomic mass is 9.56. The molecule has 9 atom stereocenters. The first kappa shape index (κ1) is 41.4. The van der Waals surface area contributed by atoms with Crippen molar-refractivity contribution in [3.63, 3.8) is 0 Å². The molecule has 0 heterocycles. The van der Waals surface area contributed by atoms with E-state index in [1.165, 1.54) is 20.8 Å². The Labute approximate surface area is 322 Å². The first-order chi connectivity index (χ1) is 25.8. The first-order valence-electron chi connectivity index (χ1n) is 18.7. The van der Waals surface area contributed by atoms with Crippen LogP contribution in [0, 0.1) is 16.7 Å². The van der Waals surface area contributed by atoms with Crippen LogP contribution in [-0.4, -0.2) is 78.1 Å². The normalized spacial score (nSPS) is 29.5. The predicted octanol–water partition coefficient (Wildman–Crippen LogP) is 5.73. The van der Waals surface area contributed by atoms with Crippen LogP contribution < -0.4 is 5.32 Å². The molecule has 296 valence electrons. The summed E-state index contributed by atoms with van der Waals surface area (Å²) >= 11 is 0. The van der Waals surface area contributed by atoms with Crippen molar-refractivity contribution >= 4 is 29.8 Å². The fraction of sp³-hybridized carbons (Fsp3) is 0.512. The number of benzene rings is 2. The van der Waals surface area contributed by atoms with E-state index < -0.39 is 82.7 Å². The number of ether oxygens (including phenoxy) is 5. The van der Waals surface area contributed by atoms with Gasteiger partial charge in [-0.3, -0.25) is 19.2 Å². The summed E-state index contributed by atoms with van der Waals surface area (Å²) in [5.41, 5.74) is -1.70. The van der Waals surface area contributed by atoms with Crippen molar-refractivity contribution in [2.24, 2.45) is 16.7 Å². The van der Waals surface area contributed by atoms with Gasteiger partial charge in [0.05, 0.1) is 23.0 Å². The van der Waals surface area contributed by atoms with E-state index >= 15 is 0 Å². The van der Waals surface area contributed by atoms with Gasteiger partial charge in [0.1, 0.15) is 18.3 Å². The number of hydrogen-bond acceptors (Lipinski definition) is 12. The van der Waals surface area contributed by atoms with E-state index in [4.69, 9.17) is 23.7 Å². The molecule has 2 N–H and O–H groups in total.